The minimum Gasteiger partial charge on any atom is -0.419 e. The fourth-order valence-electron chi connectivity index (χ4n) is 3.32. The molecule has 2 heterocycles. The molecule has 1 N–H and O–H groups in total. The van der Waals surface area contributed by atoms with Crippen molar-refractivity contribution in [2.45, 2.75) is 32.7 Å². The zero-order chi connectivity index (χ0) is 23.0. The number of benzene rings is 1. The van der Waals surface area contributed by atoms with Crippen LogP contribution in [-0.4, -0.2) is 54.7 Å². The molecule has 1 aromatic carbocycles. The highest BCUT2D eigenvalue weighted by Gasteiger charge is 2.39. The molecule has 8 nitrogen and oxygen atoms in total. The van der Waals surface area contributed by atoms with Gasteiger partial charge >= 0.3 is 18.1 Å². The molecular weight excluding hydrogens is 419 g/mol. The number of ether oxygens (including phenoxy) is 2. The van der Waals surface area contributed by atoms with E-state index in [4.69, 9.17) is 9.47 Å². The van der Waals surface area contributed by atoms with Gasteiger partial charge < -0.3 is 24.6 Å². The highest BCUT2D eigenvalue weighted by atomic mass is 19.4. The number of halogens is 3. The summed E-state index contributed by atoms with van der Waals surface area (Å²) in [4.78, 5) is 38.5. The van der Waals surface area contributed by atoms with Crippen LogP contribution in [0.15, 0.2) is 30.0 Å². The minimum atomic E-state index is -4.63. The largest absolute Gasteiger partial charge is 0.419 e. The zero-order valence-corrected chi connectivity index (χ0v) is 17.2. The molecule has 2 fully saturated rings. The molecule has 1 aromatic rings. The summed E-state index contributed by atoms with van der Waals surface area (Å²) in [6.07, 6.45) is -3.68. The topological polar surface area (TPSA) is 88.2 Å². The van der Waals surface area contributed by atoms with Gasteiger partial charge in [0.1, 0.15) is 0 Å². The van der Waals surface area contributed by atoms with Crippen molar-refractivity contribution < 1.29 is 37.0 Å². The Morgan fingerprint density at radius 3 is 2.19 bits per heavy atom. The lowest BCUT2D eigenvalue weighted by Gasteiger charge is -2.36. The average molecular weight is 441 g/mol. The Labute approximate surface area is 176 Å². The maximum Gasteiger partial charge on any atom is 0.418 e. The van der Waals surface area contributed by atoms with Gasteiger partial charge in [-0.05, 0) is 18.2 Å². The average Bonchev–Trinajstić information content (AvgIpc) is 2.65. The number of carbonyl (C=O) groups excluding carboxylic acids is 3. The number of carbonyl (C=O) groups is 3. The molecule has 0 bridgehead atoms. The highest BCUT2D eigenvalue weighted by molar-refractivity contribution is 6.15. The molecule has 2 saturated heterocycles. The lowest BCUT2D eigenvalue weighted by Crippen LogP contribution is -2.48. The first-order valence-electron chi connectivity index (χ1n) is 9.52. The molecule has 3 rings (SSSR count). The van der Waals surface area contributed by atoms with Crippen LogP contribution in [0.3, 0.4) is 0 Å². The van der Waals surface area contributed by atoms with E-state index in [9.17, 15) is 27.6 Å². The zero-order valence-electron chi connectivity index (χ0n) is 17.2. The van der Waals surface area contributed by atoms with Crippen LogP contribution in [-0.2, 0) is 30.0 Å². The number of piperazine rings is 1. The van der Waals surface area contributed by atoms with Crippen molar-refractivity contribution in [1.82, 2.24) is 4.90 Å². The van der Waals surface area contributed by atoms with E-state index in [0.29, 0.717) is 13.1 Å². The van der Waals surface area contributed by atoms with Crippen LogP contribution in [0.2, 0.25) is 0 Å². The Balaban J connectivity index is 1.82. The van der Waals surface area contributed by atoms with Gasteiger partial charge in [0.05, 0.1) is 5.56 Å². The van der Waals surface area contributed by atoms with Crippen molar-refractivity contribution in [3.63, 3.8) is 0 Å². The molecule has 0 aromatic heterocycles. The van der Waals surface area contributed by atoms with Crippen molar-refractivity contribution in [1.29, 1.82) is 0 Å². The number of anilines is 2. The summed E-state index contributed by atoms with van der Waals surface area (Å²) in [5, 5.41) is 2.53. The van der Waals surface area contributed by atoms with Gasteiger partial charge in [-0.2, -0.15) is 13.2 Å². The maximum absolute atomic E-state index is 13.7. The third-order valence-electron chi connectivity index (χ3n) is 4.87. The second kappa shape index (κ2) is 8.12. The standard InChI is InChI=1S/C20H22F3N3O5/c1-12(27)25-6-8-26(9-7-25)16-5-4-13(10-15(16)20(21,22)23)24-11-14-17(28)30-19(2,3)31-18(14)29/h4-5,10-11,24H,6-9H2,1-3H3. The van der Waals surface area contributed by atoms with Crippen molar-refractivity contribution in [3.8, 4) is 0 Å². The number of nitrogens with one attached hydrogen (secondary N) is 1. The summed E-state index contributed by atoms with van der Waals surface area (Å²) in [5.74, 6) is -3.41. The number of cyclic esters (lactones) is 2. The van der Waals surface area contributed by atoms with E-state index in [1.54, 1.807) is 9.80 Å². The summed E-state index contributed by atoms with van der Waals surface area (Å²) in [5.41, 5.74) is -1.32. The number of rotatable bonds is 3. The molecule has 0 saturated carbocycles. The Hall–Kier alpha value is -3.24. The fraction of sp³-hybridized carbons (Fsp3) is 0.450. The van der Waals surface area contributed by atoms with E-state index in [2.05, 4.69) is 5.32 Å². The summed E-state index contributed by atoms with van der Waals surface area (Å²) >= 11 is 0. The normalized spacial score (nSPS) is 19.0. The van der Waals surface area contributed by atoms with Crippen molar-refractivity contribution in [2.75, 3.05) is 36.4 Å². The van der Waals surface area contributed by atoms with E-state index in [1.165, 1.54) is 32.9 Å². The summed E-state index contributed by atoms with van der Waals surface area (Å²) in [7, 11) is 0. The summed E-state index contributed by atoms with van der Waals surface area (Å²) < 4.78 is 51.0. The molecule has 2 aliphatic heterocycles. The molecule has 2 aliphatic rings. The molecule has 0 aliphatic carbocycles. The molecule has 11 heteroatoms. The Morgan fingerprint density at radius 1 is 1.10 bits per heavy atom. The third-order valence-corrected chi connectivity index (χ3v) is 4.87. The number of alkyl halides is 3. The Morgan fingerprint density at radius 2 is 1.68 bits per heavy atom. The maximum atomic E-state index is 13.7. The van der Waals surface area contributed by atoms with Gasteiger partial charge in [-0.15, -0.1) is 0 Å². The van der Waals surface area contributed by atoms with Crippen molar-refractivity contribution in [3.05, 3.63) is 35.5 Å². The molecule has 31 heavy (non-hydrogen) atoms. The molecule has 0 atom stereocenters. The number of amides is 1. The number of esters is 2. The van der Waals surface area contributed by atoms with Crippen LogP contribution >= 0.6 is 0 Å². The first kappa shape index (κ1) is 22.4. The third kappa shape index (κ3) is 5.09. The molecule has 0 spiro atoms. The molecule has 0 unspecified atom stereocenters. The van der Waals surface area contributed by atoms with E-state index in [-0.39, 0.29) is 30.4 Å². The molecule has 168 valence electrons. The monoisotopic (exact) mass is 441 g/mol. The minimum absolute atomic E-state index is 0.00728. The van der Waals surface area contributed by atoms with Gasteiger partial charge in [-0.25, -0.2) is 9.59 Å². The van der Waals surface area contributed by atoms with Gasteiger partial charge in [0.2, 0.25) is 5.91 Å². The van der Waals surface area contributed by atoms with Crippen LogP contribution in [0.1, 0.15) is 26.3 Å². The second-order valence-electron chi connectivity index (χ2n) is 7.60. The van der Waals surface area contributed by atoms with Crippen LogP contribution in [0, 0.1) is 0 Å². The SMILES string of the molecule is CC(=O)N1CCN(c2ccc(NC=C3C(=O)OC(C)(C)OC3=O)cc2C(F)(F)F)CC1. The van der Waals surface area contributed by atoms with E-state index in [0.717, 1.165) is 12.3 Å². The second-order valence-corrected chi connectivity index (χ2v) is 7.60. The Kier molecular flexibility index (Phi) is 5.88. The molecular formula is C20H22F3N3O5. The van der Waals surface area contributed by atoms with Gasteiger partial charge in [0.15, 0.2) is 5.57 Å². The van der Waals surface area contributed by atoms with E-state index < -0.39 is 35.0 Å². The predicted octanol–water partition coefficient (Wildman–Crippen LogP) is 2.51. The van der Waals surface area contributed by atoms with Crippen molar-refractivity contribution >= 4 is 29.2 Å². The van der Waals surface area contributed by atoms with Crippen LogP contribution in [0.5, 0.6) is 0 Å². The molecule has 1 amide bonds. The summed E-state index contributed by atoms with van der Waals surface area (Å²) in [6, 6.07) is 3.61. The molecule has 0 radical (unpaired) electrons. The fourth-order valence-corrected chi connectivity index (χ4v) is 3.32. The number of nitrogens with zero attached hydrogens (tertiary/aromatic N) is 2. The van der Waals surface area contributed by atoms with Crippen LogP contribution in [0.4, 0.5) is 24.5 Å². The first-order chi connectivity index (χ1) is 14.4. The lowest BCUT2D eigenvalue weighted by atomic mass is 10.1. The van der Waals surface area contributed by atoms with Crippen LogP contribution in [0.25, 0.3) is 0 Å². The van der Waals surface area contributed by atoms with Crippen molar-refractivity contribution in [2.24, 2.45) is 0 Å². The highest BCUT2D eigenvalue weighted by Crippen LogP contribution is 2.38. The van der Waals surface area contributed by atoms with E-state index in [1.807, 2.05) is 0 Å². The first-order valence-corrected chi connectivity index (χ1v) is 9.52. The smallest absolute Gasteiger partial charge is 0.418 e. The van der Waals surface area contributed by atoms with E-state index >= 15 is 0 Å². The number of hydrogen-bond acceptors (Lipinski definition) is 7. The quantitative estimate of drug-likeness (QED) is 0.438. The van der Waals surface area contributed by atoms with Crippen LogP contribution < -0.4 is 10.2 Å². The Bertz CT molecular complexity index is 912. The number of hydrogen-bond donors (Lipinski definition) is 1. The van der Waals surface area contributed by atoms with Gasteiger partial charge in [-0.1, -0.05) is 0 Å². The lowest BCUT2D eigenvalue weighted by molar-refractivity contribution is -0.222. The van der Waals surface area contributed by atoms with Gasteiger partial charge in [-0.3, -0.25) is 4.79 Å². The summed E-state index contributed by atoms with van der Waals surface area (Å²) in [6.45, 7) is 5.40. The van der Waals surface area contributed by atoms with Gasteiger partial charge in [0, 0.05) is 64.5 Å². The van der Waals surface area contributed by atoms with Gasteiger partial charge in [0.25, 0.3) is 5.79 Å². The predicted molar refractivity (Wildman–Crippen MR) is 104 cm³/mol.